The zero-order valence-electron chi connectivity index (χ0n) is 10.7. The van der Waals surface area contributed by atoms with Crippen LogP contribution >= 0.6 is 0 Å². The maximum Gasteiger partial charge on any atom is 0.226 e. The summed E-state index contributed by atoms with van der Waals surface area (Å²) in [6.07, 6.45) is 3.54. The molecule has 1 unspecified atom stereocenters. The van der Waals surface area contributed by atoms with Crippen LogP contribution in [0, 0.1) is 0 Å². The van der Waals surface area contributed by atoms with Crippen LogP contribution in [0.3, 0.4) is 0 Å². The Bertz CT molecular complexity index is 465. The molecule has 0 aliphatic carbocycles. The van der Waals surface area contributed by atoms with Gasteiger partial charge in [-0.2, -0.15) is 4.98 Å². The third-order valence-corrected chi connectivity index (χ3v) is 2.71. The molecule has 0 aliphatic heterocycles. The van der Waals surface area contributed by atoms with E-state index >= 15 is 0 Å². The molecule has 0 radical (unpaired) electrons. The van der Waals surface area contributed by atoms with Crippen LogP contribution in [0.4, 0.5) is 0 Å². The predicted octanol–water partition coefficient (Wildman–Crippen LogP) is 2.13. The van der Waals surface area contributed by atoms with Crippen molar-refractivity contribution in [2.24, 2.45) is 5.73 Å². The molecule has 2 N–H and O–H groups in total. The van der Waals surface area contributed by atoms with E-state index in [2.05, 4.69) is 34.4 Å². The van der Waals surface area contributed by atoms with Gasteiger partial charge in [0.15, 0.2) is 5.82 Å². The van der Waals surface area contributed by atoms with Gasteiger partial charge in [-0.25, -0.2) is 0 Å². The number of hydrogen-bond acceptors (Lipinski definition) is 4. The van der Waals surface area contributed by atoms with E-state index in [1.165, 1.54) is 5.56 Å². The number of rotatable bonds is 6. The topological polar surface area (TPSA) is 64.9 Å². The van der Waals surface area contributed by atoms with E-state index in [-0.39, 0.29) is 6.04 Å². The van der Waals surface area contributed by atoms with Crippen molar-refractivity contribution in [1.29, 1.82) is 0 Å². The van der Waals surface area contributed by atoms with E-state index in [1.54, 1.807) is 0 Å². The zero-order chi connectivity index (χ0) is 12.8. The maximum atomic E-state index is 5.69. The van der Waals surface area contributed by atoms with Gasteiger partial charge in [-0.3, -0.25) is 0 Å². The van der Waals surface area contributed by atoms with Crippen LogP contribution < -0.4 is 5.73 Å². The standard InChI is InChI=1S/C14H19N3O/c1-11(15)10-13-16-14(18-17-13)9-5-8-12-6-3-2-4-7-12/h2-4,6-7,11H,5,8-10,15H2,1H3. The molecule has 4 heteroatoms. The molecule has 1 aromatic carbocycles. The lowest BCUT2D eigenvalue weighted by atomic mass is 10.1. The summed E-state index contributed by atoms with van der Waals surface area (Å²) >= 11 is 0. The Morgan fingerprint density at radius 2 is 2.00 bits per heavy atom. The normalized spacial score (nSPS) is 12.6. The highest BCUT2D eigenvalue weighted by molar-refractivity contribution is 5.14. The first-order valence-corrected chi connectivity index (χ1v) is 6.35. The first kappa shape index (κ1) is 12.8. The van der Waals surface area contributed by atoms with Crippen molar-refractivity contribution in [2.45, 2.75) is 38.6 Å². The van der Waals surface area contributed by atoms with Gasteiger partial charge in [-0.05, 0) is 25.3 Å². The summed E-state index contributed by atoms with van der Waals surface area (Å²) < 4.78 is 5.19. The van der Waals surface area contributed by atoms with Crippen molar-refractivity contribution < 1.29 is 4.52 Å². The molecule has 0 saturated carbocycles. The molecule has 0 aliphatic rings. The Kier molecular flexibility index (Phi) is 4.47. The first-order valence-electron chi connectivity index (χ1n) is 6.35. The Hall–Kier alpha value is -1.68. The van der Waals surface area contributed by atoms with E-state index < -0.39 is 0 Å². The minimum atomic E-state index is 0.0692. The first-order chi connectivity index (χ1) is 8.74. The summed E-state index contributed by atoms with van der Waals surface area (Å²) in [5, 5.41) is 3.92. The van der Waals surface area contributed by atoms with E-state index in [4.69, 9.17) is 10.3 Å². The molecule has 2 aromatic rings. The van der Waals surface area contributed by atoms with E-state index in [0.717, 1.165) is 19.3 Å². The highest BCUT2D eigenvalue weighted by Gasteiger charge is 2.07. The summed E-state index contributed by atoms with van der Waals surface area (Å²) in [6, 6.07) is 10.5. The molecule has 96 valence electrons. The van der Waals surface area contributed by atoms with Crippen molar-refractivity contribution >= 4 is 0 Å². The lowest BCUT2D eigenvalue weighted by molar-refractivity contribution is 0.369. The van der Waals surface area contributed by atoms with Crippen LogP contribution in [0.1, 0.15) is 30.6 Å². The number of aryl methyl sites for hydroxylation is 2. The molecule has 0 bridgehead atoms. The second-order valence-electron chi connectivity index (χ2n) is 4.62. The van der Waals surface area contributed by atoms with Gasteiger partial charge in [-0.1, -0.05) is 35.5 Å². The Morgan fingerprint density at radius 1 is 1.22 bits per heavy atom. The average molecular weight is 245 g/mol. The van der Waals surface area contributed by atoms with Crippen LogP contribution in [0.2, 0.25) is 0 Å². The van der Waals surface area contributed by atoms with E-state index in [1.807, 2.05) is 13.0 Å². The monoisotopic (exact) mass is 245 g/mol. The lowest BCUT2D eigenvalue weighted by Crippen LogP contribution is -2.18. The third kappa shape index (κ3) is 3.96. The fraction of sp³-hybridized carbons (Fsp3) is 0.429. The molecule has 1 aromatic heterocycles. The molecule has 18 heavy (non-hydrogen) atoms. The molecule has 0 amide bonds. The Balaban J connectivity index is 1.78. The summed E-state index contributed by atoms with van der Waals surface area (Å²) in [5.41, 5.74) is 7.03. The number of nitrogens with two attached hydrogens (primary N) is 1. The SMILES string of the molecule is CC(N)Cc1noc(CCCc2ccccc2)n1. The summed E-state index contributed by atoms with van der Waals surface area (Å²) in [7, 11) is 0. The highest BCUT2D eigenvalue weighted by atomic mass is 16.5. The van der Waals surface area contributed by atoms with Gasteiger partial charge in [0.05, 0.1) is 0 Å². The fourth-order valence-electron chi connectivity index (χ4n) is 1.85. The smallest absolute Gasteiger partial charge is 0.226 e. The van der Waals surface area contributed by atoms with Gasteiger partial charge < -0.3 is 10.3 Å². The van der Waals surface area contributed by atoms with Gasteiger partial charge in [0, 0.05) is 18.9 Å². The number of hydrogen-bond donors (Lipinski definition) is 1. The fourth-order valence-corrected chi connectivity index (χ4v) is 1.85. The zero-order valence-corrected chi connectivity index (χ0v) is 10.7. The molecule has 0 fully saturated rings. The van der Waals surface area contributed by atoms with Crippen molar-refractivity contribution in [2.75, 3.05) is 0 Å². The van der Waals surface area contributed by atoms with E-state index in [0.29, 0.717) is 18.1 Å². The maximum absolute atomic E-state index is 5.69. The number of benzene rings is 1. The van der Waals surface area contributed by atoms with Gasteiger partial charge >= 0.3 is 0 Å². The second kappa shape index (κ2) is 6.31. The quantitative estimate of drug-likeness (QED) is 0.846. The van der Waals surface area contributed by atoms with Crippen molar-refractivity contribution in [1.82, 2.24) is 10.1 Å². The number of aromatic nitrogens is 2. The second-order valence-corrected chi connectivity index (χ2v) is 4.62. The van der Waals surface area contributed by atoms with Crippen LogP contribution in [0.25, 0.3) is 0 Å². The number of nitrogens with zero attached hydrogens (tertiary/aromatic N) is 2. The van der Waals surface area contributed by atoms with Gasteiger partial charge in [0.25, 0.3) is 0 Å². The summed E-state index contributed by atoms with van der Waals surface area (Å²) in [6.45, 7) is 1.94. The van der Waals surface area contributed by atoms with Crippen molar-refractivity contribution in [3.8, 4) is 0 Å². The minimum Gasteiger partial charge on any atom is -0.339 e. The highest BCUT2D eigenvalue weighted by Crippen LogP contribution is 2.07. The Morgan fingerprint density at radius 3 is 2.72 bits per heavy atom. The van der Waals surface area contributed by atoms with Crippen LogP contribution in [-0.4, -0.2) is 16.2 Å². The summed E-state index contributed by atoms with van der Waals surface area (Å²) in [5.74, 6) is 1.42. The van der Waals surface area contributed by atoms with Crippen LogP contribution in [0.5, 0.6) is 0 Å². The van der Waals surface area contributed by atoms with Gasteiger partial charge in [0.2, 0.25) is 5.89 Å². The summed E-state index contributed by atoms with van der Waals surface area (Å²) in [4.78, 5) is 4.32. The molecule has 1 atom stereocenters. The molecule has 1 heterocycles. The molecular formula is C14H19N3O. The van der Waals surface area contributed by atoms with Gasteiger partial charge in [0.1, 0.15) is 0 Å². The molecule has 2 rings (SSSR count). The van der Waals surface area contributed by atoms with Crippen LogP contribution in [0.15, 0.2) is 34.9 Å². The molecule has 4 nitrogen and oxygen atoms in total. The minimum absolute atomic E-state index is 0.0692. The molecular weight excluding hydrogens is 226 g/mol. The average Bonchev–Trinajstić information content (AvgIpc) is 2.77. The molecule has 0 spiro atoms. The molecule has 0 saturated heterocycles. The van der Waals surface area contributed by atoms with Crippen molar-refractivity contribution in [3.63, 3.8) is 0 Å². The largest absolute Gasteiger partial charge is 0.339 e. The van der Waals surface area contributed by atoms with Crippen molar-refractivity contribution in [3.05, 3.63) is 47.6 Å². The third-order valence-electron chi connectivity index (χ3n) is 2.71. The van der Waals surface area contributed by atoms with Crippen LogP contribution in [-0.2, 0) is 19.3 Å². The Labute approximate surface area is 107 Å². The lowest BCUT2D eigenvalue weighted by Gasteiger charge is -1.98. The van der Waals surface area contributed by atoms with E-state index in [9.17, 15) is 0 Å². The predicted molar refractivity (Wildman–Crippen MR) is 70.1 cm³/mol. The van der Waals surface area contributed by atoms with Gasteiger partial charge in [-0.15, -0.1) is 0 Å².